The second kappa shape index (κ2) is 8.61. The highest BCUT2D eigenvalue weighted by molar-refractivity contribution is 9.10. The number of hydrogen-bond acceptors (Lipinski definition) is 2. The molecule has 0 aliphatic heterocycles. The third-order valence-electron chi connectivity index (χ3n) is 4.18. The fourth-order valence-corrected chi connectivity index (χ4v) is 3.31. The largest absolute Gasteiger partial charge is 0.489 e. The number of aryl methyl sites for hydroxylation is 2. The van der Waals surface area contributed by atoms with Gasteiger partial charge in [-0.15, -0.1) is 0 Å². The van der Waals surface area contributed by atoms with Crippen LogP contribution < -0.4 is 10.1 Å². The predicted molar refractivity (Wildman–Crippen MR) is 113 cm³/mol. The van der Waals surface area contributed by atoms with E-state index in [1.54, 1.807) is 0 Å². The molecule has 0 radical (unpaired) electrons. The van der Waals surface area contributed by atoms with Gasteiger partial charge in [0.1, 0.15) is 12.4 Å². The molecule has 0 atom stereocenters. The number of ether oxygens (including phenoxy) is 1. The highest BCUT2D eigenvalue weighted by atomic mass is 79.9. The van der Waals surface area contributed by atoms with Gasteiger partial charge >= 0.3 is 0 Å². The number of anilines is 1. The van der Waals surface area contributed by atoms with Crippen LogP contribution >= 0.6 is 27.5 Å². The highest BCUT2D eigenvalue weighted by Gasteiger charge is 2.07. The topological polar surface area (TPSA) is 21.3 Å². The molecular formula is C22H21BrClNO. The van der Waals surface area contributed by atoms with Gasteiger partial charge in [0.2, 0.25) is 0 Å². The Morgan fingerprint density at radius 3 is 2.46 bits per heavy atom. The van der Waals surface area contributed by atoms with Crippen molar-refractivity contribution in [2.24, 2.45) is 0 Å². The van der Waals surface area contributed by atoms with Crippen LogP contribution in [0, 0.1) is 13.8 Å². The molecule has 0 aromatic heterocycles. The summed E-state index contributed by atoms with van der Waals surface area (Å²) >= 11 is 9.49. The molecule has 134 valence electrons. The van der Waals surface area contributed by atoms with Gasteiger partial charge in [-0.25, -0.2) is 0 Å². The van der Waals surface area contributed by atoms with Crippen LogP contribution in [0.3, 0.4) is 0 Å². The summed E-state index contributed by atoms with van der Waals surface area (Å²) in [6.45, 7) is 5.43. The van der Waals surface area contributed by atoms with Crippen molar-refractivity contribution in [2.75, 3.05) is 5.32 Å². The van der Waals surface area contributed by atoms with Gasteiger partial charge in [-0.3, -0.25) is 0 Å². The second-order valence-electron chi connectivity index (χ2n) is 6.34. The summed E-state index contributed by atoms with van der Waals surface area (Å²) in [7, 11) is 0. The van der Waals surface area contributed by atoms with Crippen molar-refractivity contribution in [1.29, 1.82) is 0 Å². The zero-order chi connectivity index (χ0) is 18.5. The van der Waals surface area contributed by atoms with Crippen molar-refractivity contribution < 1.29 is 4.74 Å². The van der Waals surface area contributed by atoms with E-state index in [4.69, 9.17) is 16.3 Å². The standard InChI is InChI=1S/C22H21BrClNO/c1-15-3-9-21(16(2)11-15)25-13-18-12-19(23)6-10-22(18)26-14-17-4-7-20(24)8-5-17/h3-12,25H,13-14H2,1-2H3. The van der Waals surface area contributed by atoms with Crippen LogP contribution in [-0.2, 0) is 13.2 Å². The van der Waals surface area contributed by atoms with Crippen molar-refractivity contribution in [1.82, 2.24) is 0 Å². The molecular weight excluding hydrogens is 410 g/mol. The molecule has 3 rings (SSSR count). The minimum Gasteiger partial charge on any atom is -0.489 e. The first-order valence-corrected chi connectivity index (χ1v) is 9.65. The van der Waals surface area contributed by atoms with Gasteiger partial charge in [-0.2, -0.15) is 0 Å². The first-order chi connectivity index (χ1) is 12.5. The van der Waals surface area contributed by atoms with Gasteiger partial charge in [-0.05, 0) is 61.4 Å². The minimum atomic E-state index is 0.509. The SMILES string of the molecule is Cc1ccc(NCc2cc(Br)ccc2OCc2ccc(Cl)cc2)c(C)c1. The minimum absolute atomic E-state index is 0.509. The van der Waals surface area contributed by atoms with E-state index in [2.05, 4.69) is 59.4 Å². The molecule has 0 aliphatic carbocycles. The van der Waals surface area contributed by atoms with E-state index in [-0.39, 0.29) is 0 Å². The van der Waals surface area contributed by atoms with Crippen LogP contribution in [-0.4, -0.2) is 0 Å². The Morgan fingerprint density at radius 2 is 1.73 bits per heavy atom. The number of halogens is 2. The fraction of sp³-hybridized carbons (Fsp3) is 0.182. The Bertz CT molecular complexity index is 893. The highest BCUT2D eigenvalue weighted by Crippen LogP contribution is 2.26. The molecule has 4 heteroatoms. The maximum absolute atomic E-state index is 6.05. The molecule has 0 saturated carbocycles. The summed E-state index contributed by atoms with van der Waals surface area (Å²) in [4.78, 5) is 0. The van der Waals surface area contributed by atoms with E-state index < -0.39 is 0 Å². The van der Waals surface area contributed by atoms with Crippen molar-refractivity contribution in [3.8, 4) is 5.75 Å². The maximum atomic E-state index is 6.05. The zero-order valence-electron chi connectivity index (χ0n) is 14.9. The maximum Gasteiger partial charge on any atom is 0.124 e. The molecule has 0 fully saturated rings. The zero-order valence-corrected chi connectivity index (χ0v) is 17.2. The summed E-state index contributed by atoms with van der Waals surface area (Å²) in [5.74, 6) is 0.875. The number of hydrogen-bond donors (Lipinski definition) is 1. The molecule has 1 N–H and O–H groups in total. The van der Waals surface area contributed by atoms with Crippen LogP contribution in [0.25, 0.3) is 0 Å². The van der Waals surface area contributed by atoms with Crippen molar-refractivity contribution >= 4 is 33.2 Å². The molecule has 0 heterocycles. The Kier molecular flexibility index (Phi) is 6.23. The smallest absolute Gasteiger partial charge is 0.124 e. The van der Waals surface area contributed by atoms with Gasteiger partial charge in [0.25, 0.3) is 0 Å². The molecule has 0 bridgehead atoms. The molecule has 3 aromatic carbocycles. The van der Waals surface area contributed by atoms with E-state index >= 15 is 0 Å². The Morgan fingerprint density at radius 1 is 0.962 bits per heavy atom. The Labute approximate surface area is 168 Å². The second-order valence-corrected chi connectivity index (χ2v) is 7.69. The molecule has 0 amide bonds. The van der Waals surface area contributed by atoms with Gasteiger partial charge < -0.3 is 10.1 Å². The quantitative estimate of drug-likeness (QED) is 0.458. The molecule has 0 spiro atoms. The van der Waals surface area contributed by atoms with E-state index in [9.17, 15) is 0 Å². The summed E-state index contributed by atoms with van der Waals surface area (Å²) in [6.07, 6.45) is 0. The molecule has 0 saturated heterocycles. The van der Waals surface area contributed by atoms with E-state index in [0.717, 1.165) is 32.1 Å². The lowest BCUT2D eigenvalue weighted by atomic mass is 10.1. The van der Waals surface area contributed by atoms with Gasteiger partial charge in [0, 0.05) is 27.3 Å². The van der Waals surface area contributed by atoms with Crippen molar-refractivity contribution in [2.45, 2.75) is 27.0 Å². The van der Waals surface area contributed by atoms with Crippen LogP contribution in [0.15, 0.2) is 65.1 Å². The molecule has 0 unspecified atom stereocenters. The fourth-order valence-electron chi connectivity index (χ4n) is 2.77. The van der Waals surface area contributed by atoms with Crippen LogP contribution in [0.4, 0.5) is 5.69 Å². The summed E-state index contributed by atoms with van der Waals surface area (Å²) < 4.78 is 7.09. The van der Waals surface area contributed by atoms with Crippen molar-refractivity contribution in [3.63, 3.8) is 0 Å². The van der Waals surface area contributed by atoms with E-state index in [0.29, 0.717) is 13.2 Å². The summed E-state index contributed by atoms with van der Waals surface area (Å²) in [5, 5.41) is 4.24. The van der Waals surface area contributed by atoms with Crippen LogP contribution in [0.2, 0.25) is 5.02 Å². The van der Waals surface area contributed by atoms with Crippen LogP contribution in [0.1, 0.15) is 22.3 Å². The Balaban J connectivity index is 1.71. The lowest BCUT2D eigenvalue weighted by Gasteiger charge is -2.15. The average Bonchev–Trinajstić information content (AvgIpc) is 2.61. The normalized spacial score (nSPS) is 10.6. The Hall–Kier alpha value is -1.97. The number of rotatable bonds is 6. The molecule has 0 aliphatic rings. The van der Waals surface area contributed by atoms with Crippen LogP contribution in [0.5, 0.6) is 5.75 Å². The average molecular weight is 431 g/mol. The lowest BCUT2D eigenvalue weighted by Crippen LogP contribution is -2.05. The van der Waals surface area contributed by atoms with E-state index in [1.165, 1.54) is 11.1 Å². The van der Waals surface area contributed by atoms with Gasteiger partial charge in [0.15, 0.2) is 0 Å². The molecule has 3 aromatic rings. The van der Waals surface area contributed by atoms with E-state index in [1.807, 2.05) is 36.4 Å². The van der Waals surface area contributed by atoms with Gasteiger partial charge in [0.05, 0.1) is 0 Å². The number of benzene rings is 3. The third kappa shape index (κ3) is 5.03. The first-order valence-electron chi connectivity index (χ1n) is 8.48. The van der Waals surface area contributed by atoms with Crippen molar-refractivity contribution in [3.05, 3.63) is 92.4 Å². The monoisotopic (exact) mass is 429 g/mol. The molecule has 26 heavy (non-hydrogen) atoms. The first kappa shape index (κ1) is 18.8. The number of nitrogens with one attached hydrogen (secondary N) is 1. The summed E-state index contributed by atoms with van der Waals surface area (Å²) in [5.41, 5.74) is 5.84. The predicted octanol–water partition coefficient (Wildman–Crippen LogP) is 6.91. The summed E-state index contributed by atoms with van der Waals surface area (Å²) in [6, 6.07) is 20.2. The third-order valence-corrected chi connectivity index (χ3v) is 4.93. The van der Waals surface area contributed by atoms with Gasteiger partial charge in [-0.1, -0.05) is 57.4 Å². The lowest BCUT2D eigenvalue weighted by molar-refractivity contribution is 0.303. The molecule has 2 nitrogen and oxygen atoms in total.